The molecule has 2 nitrogen and oxygen atoms in total. The summed E-state index contributed by atoms with van der Waals surface area (Å²) in [5.41, 5.74) is 0.268. The van der Waals surface area contributed by atoms with Gasteiger partial charge in [-0.25, -0.2) is 0 Å². The van der Waals surface area contributed by atoms with Gasteiger partial charge in [0.05, 0.1) is 12.2 Å². The van der Waals surface area contributed by atoms with Crippen molar-refractivity contribution in [1.82, 2.24) is 5.32 Å². The quantitative estimate of drug-likeness (QED) is 0.901. The molecule has 18 heavy (non-hydrogen) atoms. The Balaban J connectivity index is 2.16. The number of hydrogen-bond donors (Lipinski definition) is 1. The van der Waals surface area contributed by atoms with Gasteiger partial charge >= 0.3 is 6.18 Å². The second-order valence-electron chi connectivity index (χ2n) is 4.51. The number of nitrogens with one attached hydrogen (secondary N) is 1. The molecule has 1 N–H and O–H groups in total. The van der Waals surface area contributed by atoms with Crippen molar-refractivity contribution in [3.05, 3.63) is 35.4 Å². The first-order chi connectivity index (χ1) is 8.52. The van der Waals surface area contributed by atoms with Crippen molar-refractivity contribution in [2.24, 2.45) is 5.92 Å². The Bertz CT molecular complexity index is 382. The lowest BCUT2D eigenvalue weighted by atomic mass is 9.92. The summed E-state index contributed by atoms with van der Waals surface area (Å²) in [7, 11) is 1.82. The summed E-state index contributed by atoms with van der Waals surface area (Å²) < 4.78 is 42.7. The molecule has 1 aromatic rings. The maximum absolute atomic E-state index is 12.5. The largest absolute Gasteiger partial charge is 0.416 e. The number of benzene rings is 1. The molecule has 2 rings (SSSR count). The van der Waals surface area contributed by atoms with E-state index in [0.717, 1.165) is 30.7 Å². The second-order valence-corrected chi connectivity index (χ2v) is 4.51. The van der Waals surface area contributed by atoms with Crippen LogP contribution in [0, 0.1) is 5.92 Å². The molecular weight excluding hydrogens is 243 g/mol. The van der Waals surface area contributed by atoms with E-state index in [9.17, 15) is 13.2 Å². The molecule has 1 aliphatic heterocycles. The van der Waals surface area contributed by atoms with E-state index in [4.69, 9.17) is 4.74 Å². The van der Waals surface area contributed by atoms with Crippen LogP contribution in [0.15, 0.2) is 24.3 Å². The zero-order chi connectivity index (χ0) is 13.2. The topological polar surface area (TPSA) is 21.3 Å². The lowest BCUT2D eigenvalue weighted by Gasteiger charge is -2.22. The van der Waals surface area contributed by atoms with Crippen LogP contribution in [0.3, 0.4) is 0 Å². The highest BCUT2D eigenvalue weighted by molar-refractivity contribution is 5.27. The van der Waals surface area contributed by atoms with Crippen molar-refractivity contribution in [1.29, 1.82) is 0 Å². The Labute approximate surface area is 104 Å². The van der Waals surface area contributed by atoms with Gasteiger partial charge in [0.2, 0.25) is 0 Å². The Morgan fingerprint density at radius 2 is 1.94 bits per heavy atom. The molecule has 5 heteroatoms. The standard InChI is InChI=1S/C13H16F3NO/c1-17-12(10-6-7-18-8-10)9-2-4-11(5-3-9)13(14,15)16/h2-5,10,12,17H,6-8H2,1H3. The molecule has 0 radical (unpaired) electrons. The fourth-order valence-electron chi connectivity index (χ4n) is 2.37. The maximum atomic E-state index is 12.5. The first-order valence-electron chi connectivity index (χ1n) is 5.94. The van der Waals surface area contributed by atoms with Crippen LogP contribution in [0.4, 0.5) is 13.2 Å². The van der Waals surface area contributed by atoms with Crippen molar-refractivity contribution in [2.45, 2.75) is 18.6 Å². The number of rotatable bonds is 3. The lowest BCUT2D eigenvalue weighted by Crippen LogP contribution is -2.25. The van der Waals surface area contributed by atoms with E-state index < -0.39 is 11.7 Å². The fourth-order valence-corrected chi connectivity index (χ4v) is 2.37. The van der Waals surface area contributed by atoms with Gasteiger partial charge in [-0.3, -0.25) is 0 Å². The third-order valence-corrected chi connectivity index (χ3v) is 3.34. The fraction of sp³-hybridized carbons (Fsp3) is 0.538. The van der Waals surface area contributed by atoms with Gasteiger partial charge in [0.25, 0.3) is 0 Å². The summed E-state index contributed by atoms with van der Waals surface area (Å²) in [6.45, 7) is 1.38. The SMILES string of the molecule is CNC(c1ccc(C(F)(F)F)cc1)C1CCOC1. The molecule has 100 valence electrons. The third kappa shape index (κ3) is 2.84. The van der Waals surface area contributed by atoms with Crippen LogP contribution in [-0.4, -0.2) is 20.3 Å². The molecule has 1 fully saturated rings. The highest BCUT2D eigenvalue weighted by atomic mass is 19.4. The number of hydrogen-bond acceptors (Lipinski definition) is 2. The van der Waals surface area contributed by atoms with Gasteiger partial charge < -0.3 is 10.1 Å². The van der Waals surface area contributed by atoms with Gasteiger partial charge in [0.15, 0.2) is 0 Å². The molecule has 1 heterocycles. The van der Waals surface area contributed by atoms with Crippen molar-refractivity contribution < 1.29 is 17.9 Å². The number of alkyl halides is 3. The van der Waals surface area contributed by atoms with Crippen LogP contribution in [0.2, 0.25) is 0 Å². The van der Waals surface area contributed by atoms with Gasteiger partial charge in [-0.2, -0.15) is 13.2 Å². The van der Waals surface area contributed by atoms with Gasteiger partial charge in [0.1, 0.15) is 0 Å². The molecule has 1 saturated heterocycles. The summed E-state index contributed by atoms with van der Waals surface area (Å²) in [5, 5.41) is 3.16. The third-order valence-electron chi connectivity index (χ3n) is 3.34. The molecule has 0 spiro atoms. The van der Waals surface area contributed by atoms with Crippen LogP contribution >= 0.6 is 0 Å². The van der Waals surface area contributed by atoms with Crippen LogP contribution in [-0.2, 0) is 10.9 Å². The first-order valence-corrected chi connectivity index (χ1v) is 5.94. The lowest BCUT2D eigenvalue weighted by molar-refractivity contribution is -0.137. The smallest absolute Gasteiger partial charge is 0.381 e. The van der Waals surface area contributed by atoms with Crippen molar-refractivity contribution in [3.8, 4) is 0 Å². The molecule has 0 amide bonds. The summed E-state index contributed by atoms with van der Waals surface area (Å²) in [6.07, 6.45) is -3.34. The molecule has 1 aromatic carbocycles. The van der Waals surface area contributed by atoms with E-state index in [1.807, 2.05) is 7.05 Å². The van der Waals surface area contributed by atoms with Crippen molar-refractivity contribution in [2.75, 3.05) is 20.3 Å². The Hall–Kier alpha value is -1.07. The van der Waals surface area contributed by atoms with Crippen molar-refractivity contribution >= 4 is 0 Å². The molecule has 0 bridgehead atoms. The Kier molecular flexibility index (Phi) is 3.92. The Morgan fingerprint density at radius 3 is 2.39 bits per heavy atom. The van der Waals surface area contributed by atoms with Gasteiger partial charge in [-0.1, -0.05) is 12.1 Å². The minimum Gasteiger partial charge on any atom is -0.381 e. The van der Waals surface area contributed by atoms with Crippen LogP contribution in [0.25, 0.3) is 0 Å². The highest BCUT2D eigenvalue weighted by Gasteiger charge is 2.31. The average molecular weight is 259 g/mol. The number of ether oxygens (including phenoxy) is 1. The predicted molar refractivity (Wildman–Crippen MR) is 62.2 cm³/mol. The van der Waals surface area contributed by atoms with Crippen LogP contribution in [0.1, 0.15) is 23.6 Å². The summed E-state index contributed by atoms with van der Waals surface area (Å²) in [5.74, 6) is 0.326. The van der Waals surface area contributed by atoms with Crippen molar-refractivity contribution in [3.63, 3.8) is 0 Å². The average Bonchev–Trinajstić information content (AvgIpc) is 2.83. The van der Waals surface area contributed by atoms with Gasteiger partial charge in [-0.05, 0) is 31.2 Å². The van der Waals surface area contributed by atoms with Crippen LogP contribution < -0.4 is 5.32 Å². The molecule has 1 aliphatic rings. The monoisotopic (exact) mass is 259 g/mol. The second kappa shape index (κ2) is 5.28. The molecule has 0 aromatic heterocycles. The van der Waals surface area contributed by atoms with Gasteiger partial charge in [0, 0.05) is 18.6 Å². The molecule has 0 aliphatic carbocycles. The van der Waals surface area contributed by atoms with Gasteiger partial charge in [-0.15, -0.1) is 0 Å². The first kappa shape index (κ1) is 13.4. The van der Waals surface area contributed by atoms with E-state index in [1.165, 1.54) is 0 Å². The normalized spacial score (nSPS) is 22.1. The van der Waals surface area contributed by atoms with E-state index in [-0.39, 0.29) is 6.04 Å². The predicted octanol–water partition coefficient (Wildman–Crippen LogP) is 3.00. The maximum Gasteiger partial charge on any atom is 0.416 e. The molecule has 0 saturated carbocycles. The van der Waals surface area contributed by atoms with E-state index in [2.05, 4.69) is 5.32 Å². The summed E-state index contributed by atoms with van der Waals surface area (Å²) in [6, 6.07) is 5.41. The zero-order valence-corrected chi connectivity index (χ0v) is 10.1. The molecule has 2 unspecified atom stereocenters. The summed E-state index contributed by atoms with van der Waals surface area (Å²) >= 11 is 0. The van der Waals surface area contributed by atoms with E-state index >= 15 is 0 Å². The van der Waals surface area contributed by atoms with E-state index in [0.29, 0.717) is 12.5 Å². The minimum absolute atomic E-state index is 0.0507. The zero-order valence-electron chi connectivity index (χ0n) is 10.1. The summed E-state index contributed by atoms with van der Waals surface area (Å²) in [4.78, 5) is 0. The number of halogens is 3. The Morgan fingerprint density at radius 1 is 1.28 bits per heavy atom. The molecular formula is C13H16F3NO. The minimum atomic E-state index is -4.27. The molecule has 2 atom stereocenters. The highest BCUT2D eigenvalue weighted by Crippen LogP contribution is 2.32. The van der Waals surface area contributed by atoms with E-state index in [1.54, 1.807) is 12.1 Å². The van der Waals surface area contributed by atoms with Crippen LogP contribution in [0.5, 0.6) is 0 Å².